The van der Waals surface area contributed by atoms with E-state index in [-0.39, 0.29) is 57.6 Å². The Morgan fingerprint density at radius 2 is 0.871 bits per heavy atom. The maximum atomic E-state index is 14.4. The van der Waals surface area contributed by atoms with Crippen LogP contribution in [0.2, 0.25) is 0 Å². The van der Waals surface area contributed by atoms with Crippen molar-refractivity contribution >= 4 is 44.6 Å². The van der Waals surface area contributed by atoms with E-state index in [1.807, 2.05) is 0 Å². The van der Waals surface area contributed by atoms with Crippen LogP contribution in [0.3, 0.4) is 0 Å². The van der Waals surface area contributed by atoms with E-state index in [1.54, 1.807) is 97.1 Å². The van der Waals surface area contributed by atoms with Gasteiger partial charge in [0, 0.05) is 71.6 Å². The lowest BCUT2D eigenvalue weighted by molar-refractivity contribution is -0.384. The maximum absolute atomic E-state index is 14.4. The second kappa shape index (κ2) is 20.2. The second-order valence-corrected chi connectivity index (χ2v) is 16.1. The van der Waals surface area contributed by atoms with Gasteiger partial charge in [-0.25, -0.2) is 0 Å². The number of hydrogen-bond acceptors (Lipinski definition) is 10. The third-order valence-corrected chi connectivity index (χ3v) is 11.7. The first-order valence-electron chi connectivity index (χ1n) is 21.2. The van der Waals surface area contributed by atoms with Crippen molar-refractivity contribution < 1.29 is 55.9 Å². The minimum absolute atomic E-state index is 0.0631. The SMILES string of the molecule is COc1ccccc1NCC(O)(c1cn(Cc2ccccc2)c2cc([N+](=O)[O-])ccc12)C(F)(F)F.COc1ccccc1NCC(O)(c1cn(Cc2ccccc2)c2cc([N+](=O)[O-])ccc12)C(F)(F)F. The zero-order chi connectivity index (χ0) is 50.4. The number of nitro benzene ring substituents is 2. The van der Waals surface area contributed by atoms with Crippen molar-refractivity contribution in [3.63, 3.8) is 0 Å². The van der Waals surface area contributed by atoms with Crippen LogP contribution in [0, 0.1) is 20.2 Å². The summed E-state index contributed by atoms with van der Waals surface area (Å²) >= 11 is 0. The smallest absolute Gasteiger partial charge is 0.423 e. The van der Waals surface area contributed by atoms with Gasteiger partial charge < -0.3 is 39.5 Å². The van der Waals surface area contributed by atoms with Crippen molar-refractivity contribution in [3.05, 3.63) is 200 Å². The number of rotatable bonds is 16. The third-order valence-electron chi connectivity index (χ3n) is 11.7. The van der Waals surface area contributed by atoms with Gasteiger partial charge in [-0.15, -0.1) is 0 Å². The zero-order valence-electron chi connectivity index (χ0n) is 37.2. The number of aromatic nitrogens is 2. The van der Waals surface area contributed by atoms with Crippen molar-refractivity contribution in [2.75, 3.05) is 37.9 Å². The molecule has 4 N–H and O–H groups in total. The third kappa shape index (κ3) is 10.3. The summed E-state index contributed by atoms with van der Waals surface area (Å²) in [5, 5.41) is 50.4. The highest BCUT2D eigenvalue weighted by Crippen LogP contribution is 2.46. The molecule has 8 rings (SSSR count). The first kappa shape index (κ1) is 49.8. The second-order valence-electron chi connectivity index (χ2n) is 16.1. The van der Waals surface area contributed by atoms with Crippen LogP contribution in [0.25, 0.3) is 21.8 Å². The first-order chi connectivity index (χ1) is 33.3. The predicted octanol–water partition coefficient (Wildman–Crippen LogP) is 10.9. The van der Waals surface area contributed by atoms with Crippen molar-refractivity contribution in [3.8, 4) is 11.5 Å². The highest BCUT2D eigenvalue weighted by molar-refractivity contribution is 5.88. The topological polar surface area (TPSA) is 179 Å². The molecule has 0 amide bonds. The molecular formula is C50H44F6N6O8. The van der Waals surface area contributed by atoms with Gasteiger partial charge in [-0.05, 0) is 47.5 Å². The number of anilines is 2. The normalized spacial score (nSPS) is 13.4. The average Bonchev–Trinajstić information content (AvgIpc) is 3.90. The van der Waals surface area contributed by atoms with E-state index in [0.29, 0.717) is 11.5 Å². The fourth-order valence-corrected chi connectivity index (χ4v) is 7.99. The molecule has 20 heteroatoms. The number of alkyl halides is 6. The van der Waals surface area contributed by atoms with E-state index in [4.69, 9.17) is 9.47 Å². The number of fused-ring (bicyclic) bond motifs is 2. The highest BCUT2D eigenvalue weighted by Gasteiger charge is 2.57. The van der Waals surface area contributed by atoms with Crippen LogP contribution < -0.4 is 20.1 Å². The van der Waals surface area contributed by atoms with Gasteiger partial charge in [0.2, 0.25) is 11.2 Å². The fraction of sp³-hybridized carbons (Fsp3) is 0.200. The standard InChI is InChI=1S/2C25H22F3N3O4/c2*1-35-23-10-6-5-9-21(23)29-16-24(32,25(26,27)28)20-15-30(14-17-7-3-2-4-8-17)22-13-18(31(33)34)11-12-19(20)22/h2*2-13,15,29,32H,14,16H2,1H3. The predicted molar refractivity (Wildman–Crippen MR) is 251 cm³/mol. The summed E-state index contributed by atoms with van der Waals surface area (Å²) in [5.74, 6) is 0.637. The molecule has 2 aromatic heterocycles. The Morgan fingerprint density at radius 3 is 1.20 bits per heavy atom. The molecule has 364 valence electrons. The number of non-ortho nitro benzene ring substituents is 2. The Kier molecular flexibility index (Phi) is 14.4. The van der Waals surface area contributed by atoms with Gasteiger partial charge in [0.05, 0.1) is 59.6 Å². The molecule has 2 unspecified atom stereocenters. The zero-order valence-corrected chi connectivity index (χ0v) is 37.2. The summed E-state index contributed by atoms with van der Waals surface area (Å²) in [6, 6.07) is 37.9. The molecule has 14 nitrogen and oxygen atoms in total. The lowest BCUT2D eigenvalue weighted by Gasteiger charge is -2.31. The molecule has 0 fully saturated rings. The quantitative estimate of drug-likeness (QED) is 0.0414. The number of aliphatic hydroxyl groups is 2. The molecule has 0 saturated carbocycles. The van der Waals surface area contributed by atoms with Crippen LogP contribution in [0.15, 0.2) is 158 Å². The van der Waals surface area contributed by atoms with Crippen LogP contribution in [0.4, 0.5) is 49.1 Å². The Hall–Kier alpha value is -8.10. The van der Waals surface area contributed by atoms with Crippen molar-refractivity contribution in [2.45, 2.75) is 36.6 Å². The number of methoxy groups -OCH3 is 2. The van der Waals surface area contributed by atoms with Crippen LogP contribution in [0.5, 0.6) is 11.5 Å². The Labute approximate surface area is 395 Å². The van der Waals surface area contributed by atoms with Crippen LogP contribution in [0.1, 0.15) is 22.3 Å². The van der Waals surface area contributed by atoms with E-state index in [1.165, 1.54) is 72.1 Å². The summed E-state index contributed by atoms with van der Waals surface area (Å²) in [7, 11) is 2.78. The number of hydrogen-bond donors (Lipinski definition) is 4. The largest absolute Gasteiger partial charge is 0.495 e. The molecule has 2 heterocycles. The highest BCUT2D eigenvalue weighted by atomic mass is 19.4. The summed E-state index contributed by atoms with van der Waals surface area (Å²) in [4.78, 5) is 21.5. The van der Waals surface area contributed by atoms with Gasteiger partial charge in [0.25, 0.3) is 11.4 Å². The Morgan fingerprint density at radius 1 is 0.529 bits per heavy atom. The van der Waals surface area contributed by atoms with E-state index in [0.717, 1.165) is 23.3 Å². The number of nitro groups is 2. The van der Waals surface area contributed by atoms with E-state index < -0.39 is 57.6 Å². The number of nitrogens with zero attached hydrogens (tertiary/aromatic N) is 4. The Bertz CT molecular complexity index is 2920. The van der Waals surface area contributed by atoms with Gasteiger partial charge >= 0.3 is 12.4 Å². The molecule has 0 radical (unpaired) electrons. The van der Waals surface area contributed by atoms with E-state index >= 15 is 0 Å². The number of para-hydroxylation sites is 4. The van der Waals surface area contributed by atoms with Gasteiger partial charge in [-0.2, -0.15) is 26.3 Å². The lowest BCUT2D eigenvalue weighted by atomic mass is 9.92. The molecule has 0 bridgehead atoms. The number of nitrogens with one attached hydrogen (secondary N) is 2. The molecule has 0 spiro atoms. The number of benzene rings is 6. The van der Waals surface area contributed by atoms with Gasteiger partial charge in [-0.3, -0.25) is 20.2 Å². The van der Waals surface area contributed by atoms with Crippen LogP contribution >= 0.6 is 0 Å². The lowest BCUT2D eigenvalue weighted by Crippen LogP contribution is -2.47. The van der Waals surface area contributed by atoms with Crippen LogP contribution in [-0.4, -0.2) is 68.9 Å². The molecule has 0 saturated heterocycles. The first-order valence-corrected chi connectivity index (χ1v) is 21.2. The summed E-state index contributed by atoms with van der Waals surface area (Å²) in [5.41, 5.74) is -5.41. The van der Waals surface area contributed by atoms with Crippen molar-refractivity contribution in [1.82, 2.24) is 9.13 Å². The van der Waals surface area contributed by atoms with Crippen molar-refractivity contribution in [1.29, 1.82) is 0 Å². The number of ether oxygens (including phenoxy) is 2. The summed E-state index contributed by atoms with van der Waals surface area (Å²) < 4.78 is 99.8. The van der Waals surface area contributed by atoms with Gasteiger partial charge in [-0.1, -0.05) is 84.9 Å². The van der Waals surface area contributed by atoms with Crippen LogP contribution in [-0.2, 0) is 24.3 Å². The molecular weight excluding hydrogens is 927 g/mol. The fourth-order valence-electron chi connectivity index (χ4n) is 7.99. The summed E-state index contributed by atoms with van der Waals surface area (Å²) in [6.45, 7) is -1.49. The van der Waals surface area contributed by atoms with Gasteiger partial charge in [0.1, 0.15) is 11.5 Å². The average molecular weight is 971 g/mol. The molecule has 8 aromatic rings. The van der Waals surface area contributed by atoms with E-state index in [9.17, 15) is 56.8 Å². The molecule has 0 aliphatic heterocycles. The monoisotopic (exact) mass is 970 g/mol. The summed E-state index contributed by atoms with van der Waals surface area (Å²) in [6.07, 6.45) is -7.71. The van der Waals surface area contributed by atoms with Gasteiger partial charge in [0.15, 0.2) is 0 Å². The maximum Gasteiger partial charge on any atom is 0.423 e. The molecule has 0 aliphatic rings. The van der Waals surface area contributed by atoms with Crippen molar-refractivity contribution in [2.24, 2.45) is 0 Å². The molecule has 70 heavy (non-hydrogen) atoms. The minimum atomic E-state index is -5.06. The minimum Gasteiger partial charge on any atom is -0.495 e. The Balaban J connectivity index is 0.000000206. The molecule has 0 aliphatic carbocycles. The molecule has 6 aromatic carbocycles. The van der Waals surface area contributed by atoms with E-state index in [2.05, 4.69) is 10.6 Å². The number of halogens is 6. The molecule has 2 atom stereocenters.